The number of rotatable bonds is 8. The summed E-state index contributed by atoms with van der Waals surface area (Å²) in [5.74, 6) is -1.26. The third-order valence-corrected chi connectivity index (χ3v) is 3.78. The fourth-order valence-corrected chi connectivity index (χ4v) is 2.45. The predicted molar refractivity (Wildman–Crippen MR) is 114 cm³/mol. The second-order valence-corrected chi connectivity index (χ2v) is 6.28. The summed E-state index contributed by atoms with van der Waals surface area (Å²) in [6.07, 6.45) is 2.68. The van der Waals surface area contributed by atoms with Crippen molar-refractivity contribution < 1.29 is 19.4 Å². The van der Waals surface area contributed by atoms with Gasteiger partial charge in [0, 0.05) is 37.6 Å². The van der Waals surface area contributed by atoms with Crippen molar-refractivity contribution in [2.45, 2.75) is 6.92 Å². The molecule has 0 aromatic heterocycles. The number of Topliss-reactive ketones (excluding diaryl/α,β-unsaturated/α-hetero) is 1. The zero-order valence-corrected chi connectivity index (χ0v) is 16.7. The van der Waals surface area contributed by atoms with Gasteiger partial charge in [-0.2, -0.15) is 0 Å². The lowest BCUT2D eigenvalue weighted by atomic mass is 10.00. The molecule has 0 bridgehead atoms. The van der Waals surface area contributed by atoms with Crippen LogP contribution in [0.2, 0.25) is 0 Å². The van der Waals surface area contributed by atoms with Crippen LogP contribution in [-0.4, -0.2) is 48.7 Å². The van der Waals surface area contributed by atoms with Gasteiger partial charge in [0.15, 0.2) is 11.5 Å². The van der Waals surface area contributed by atoms with E-state index >= 15 is 0 Å². The minimum atomic E-state index is -0.622. The number of benzene rings is 2. The molecule has 0 aliphatic carbocycles. The molecule has 0 unspecified atom stereocenters. The van der Waals surface area contributed by atoms with Gasteiger partial charge in [-0.05, 0) is 6.92 Å². The molecular weight excluding hydrogens is 368 g/mol. The smallest absolute Gasteiger partial charge is 0.358 e. The molecule has 0 aliphatic heterocycles. The second-order valence-electron chi connectivity index (χ2n) is 6.28. The van der Waals surface area contributed by atoms with Crippen molar-refractivity contribution in [1.29, 1.82) is 0 Å². The van der Waals surface area contributed by atoms with E-state index in [9.17, 15) is 14.7 Å². The predicted octanol–water partition coefficient (Wildman–Crippen LogP) is 3.88. The fourth-order valence-electron chi connectivity index (χ4n) is 2.45. The lowest BCUT2D eigenvalue weighted by Gasteiger charge is -2.09. The first-order valence-electron chi connectivity index (χ1n) is 9.11. The number of aliphatic hydroxyl groups is 1. The van der Waals surface area contributed by atoms with E-state index in [1.165, 1.54) is 12.4 Å². The highest BCUT2D eigenvalue weighted by Crippen LogP contribution is 2.19. The van der Waals surface area contributed by atoms with Crippen molar-refractivity contribution in [2.75, 3.05) is 20.7 Å². The first kappa shape index (κ1) is 21.6. The van der Waals surface area contributed by atoms with E-state index in [4.69, 9.17) is 4.74 Å². The number of allylic oxidation sites excluding steroid dienone is 1. The maximum atomic E-state index is 13.0. The maximum absolute atomic E-state index is 13.0. The highest BCUT2D eigenvalue weighted by Gasteiger charge is 2.18. The van der Waals surface area contributed by atoms with E-state index in [1.807, 2.05) is 6.07 Å². The Labute approximate surface area is 170 Å². The summed E-state index contributed by atoms with van der Waals surface area (Å²) < 4.78 is 5.02. The summed E-state index contributed by atoms with van der Waals surface area (Å²) in [5, 5.41) is 10.8. The molecule has 0 atom stereocenters. The van der Waals surface area contributed by atoms with Crippen LogP contribution in [0.1, 0.15) is 22.8 Å². The molecule has 0 spiro atoms. The zero-order valence-electron chi connectivity index (χ0n) is 16.7. The van der Waals surface area contributed by atoms with Gasteiger partial charge in [-0.25, -0.2) is 9.79 Å². The Hall–Kier alpha value is -3.67. The minimum Gasteiger partial charge on any atom is -0.506 e. The van der Waals surface area contributed by atoms with E-state index in [-0.39, 0.29) is 23.6 Å². The molecule has 0 fully saturated rings. The van der Waals surface area contributed by atoms with Gasteiger partial charge in [-0.1, -0.05) is 60.7 Å². The molecule has 29 heavy (non-hydrogen) atoms. The molecule has 150 valence electrons. The Bertz CT molecular complexity index is 930. The molecule has 0 aliphatic rings. The first-order chi connectivity index (χ1) is 13.9. The molecule has 0 heterocycles. The Balaban J connectivity index is 2.54. The lowest BCUT2D eigenvalue weighted by Crippen LogP contribution is -2.13. The Kier molecular flexibility index (Phi) is 7.91. The largest absolute Gasteiger partial charge is 0.506 e. The highest BCUT2D eigenvalue weighted by molar-refractivity contribution is 6.25. The molecule has 1 N–H and O–H groups in total. The first-order valence-corrected chi connectivity index (χ1v) is 9.11. The molecule has 2 aromatic carbocycles. The zero-order chi connectivity index (χ0) is 21.2. The van der Waals surface area contributed by atoms with Crippen LogP contribution in [0, 0.1) is 0 Å². The number of aliphatic imine (C=N–C) groups is 1. The van der Waals surface area contributed by atoms with Gasteiger partial charge in [0.25, 0.3) is 0 Å². The van der Waals surface area contributed by atoms with Crippen molar-refractivity contribution in [3.63, 3.8) is 0 Å². The van der Waals surface area contributed by atoms with Crippen molar-refractivity contribution in [1.82, 2.24) is 4.90 Å². The van der Waals surface area contributed by atoms with Crippen LogP contribution in [0.5, 0.6) is 0 Å². The third-order valence-electron chi connectivity index (χ3n) is 3.78. The van der Waals surface area contributed by atoms with Gasteiger partial charge >= 0.3 is 5.97 Å². The van der Waals surface area contributed by atoms with Crippen LogP contribution in [0.15, 0.2) is 83.1 Å². The average molecular weight is 392 g/mol. The summed E-state index contributed by atoms with van der Waals surface area (Å²) in [5.41, 5.74) is 0.839. The molecule has 0 saturated heterocycles. The summed E-state index contributed by atoms with van der Waals surface area (Å²) >= 11 is 0. The SMILES string of the molecule is CCOC(=O)C(=C\N(C)C)/N=C/C(C(=O)c1ccccc1)=C(/O)c1ccccc1. The van der Waals surface area contributed by atoms with E-state index in [1.54, 1.807) is 80.5 Å². The molecule has 2 rings (SSSR count). The number of aliphatic hydroxyl groups excluding tert-OH is 1. The highest BCUT2D eigenvalue weighted by atomic mass is 16.5. The molecule has 0 saturated carbocycles. The number of ketones is 1. The second kappa shape index (κ2) is 10.6. The fraction of sp³-hybridized carbons (Fsp3) is 0.174. The van der Waals surface area contributed by atoms with Crippen LogP contribution in [-0.2, 0) is 9.53 Å². The Morgan fingerprint density at radius 2 is 1.55 bits per heavy atom. The Morgan fingerprint density at radius 1 is 1.00 bits per heavy atom. The van der Waals surface area contributed by atoms with Gasteiger partial charge in [0.1, 0.15) is 5.76 Å². The van der Waals surface area contributed by atoms with Crippen LogP contribution in [0.25, 0.3) is 5.76 Å². The molecular formula is C23H24N2O4. The Morgan fingerprint density at radius 3 is 2.07 bits per heavy atom. The maximum Gasteiger partial charge on any atom is 0.358 e. The normalized spacial score (nSPS) is 12.4. The van der Waals surface area contributed by atoms with Crippen molar-refractivity contribution in [3.05, 3.63) is 89.3 Å². The van der Waals surface area contributed by atoms with Gasteiger partial charge < -0.3 is 14.7 Å². The quantitative estimate of drug-likeness (QED) is 0.242. The number of hydrogen-bond donors (Lipinski definition) is 1. The number of carbonyl (C=O) groups is 2. The van der Waals surface area contributed by atoms with E-state index in [0.717, 1.165) is 0 Å². The van der Waals surface area contributed by atoms with Gasteiger partial charge in [0.05, 0.1) is 12.2 Å². The monoisotopic (exact) mass is 392 g/mol. The lowest BCUT2D eigenvalue weighted by molar-refractivity contribution is -0.138. The molecule has 6 heteroatoms. The topological polar surface area (TPSA) is 79.2 Å². The molecule has 0 amide bonds. The van der Waals surface area contributed by atoms with Gasteiger partial charge in [0.2, 0.25) is 0 Å². The number of ether oxygens (including phenoxy) is 1. The molecule has 6 nitrogen and oxygen atoms in total. The van der Waals surface area contributed by atoms with Crippen LogP contribution < -0.4 is 0 Å². The minimum absolute atomic E-state index is 0.0103. The van der Waals surface area contributed by atoms with Crippen molar-refractivity contribution in [2.24, 2.45) is 4.99 Å². The van der Waals surface area contributed by atoms with Crippen LogP contribution >= 0.6 is 0 Å². The van der Waals surface area contributed by atoms with E-state index < -0.39 is 11.8 Å². The summed E-state index contributed by atoms with van der Waals surface area (Å²) in [6.45, 7) is 1.89. The van der Waals surface area contributed by atoms with E-state index in [2.05, 4.69) is 4.99 Å². The van der Waals surface area contributed by atoms with Crippen molar-refractivity contribution in [3.8, 4) is 0 Å². The van der Waals surface area contributed by atoms with Gasteiger partial charge in [-0.15, -0.1) is 0 Å². The third kappa shape index (κ3) is 6.17. The number of nitrogens with zero attached hydrogens (tertiary/aromatic N) is 2. The number of carbonyl (C=O) groups excluding carboxylic acids is 2. The molecule has 0 radical (unpaired) electrons. The standard InChI is InChI=1S/C23H24N2O4/c1-4-29-23(28)20(16-25(2)3)24-15-19(21(26)17-11-7-5-8-12-17)22(27)18-13-9-6-10-14-18/h5-16,26H,4H2,1-3H3/b20-16+,21-19-,24-15+. The average Bonchev–Trinajstić information content (AvgIpc) is 2.73. The summed E-state index contributed by atoms with van der Waals surface area (Å²) in [6, 6.07) is 17.2. The number of esters is 1. The van der Waals surface area contributed by atoms with Gasteiger partial charge in [-0.3, -0.25) is 4.79 Å². The number of hydrogen-bond acceptors (Lipinski definition) is 6. The van der Waals surface area contributed by atoms with Crippen LogP contribution in [0.3, 0.4) is 0 Å². The summed E-state index contributed by atoms with van der Waals surface area (Å²) in [7, 11) is 3.48. The van der Waals surface area contributed by atoms with E-state index in [0.29, 0.717) is 11.1 Å². The van der Waals surface area contributed by atoms with Crippen LogP contribution in [0.4, 0.5) is 0 Å². The molecule has 2 aromatic rings. The summed E-state index contributed by atoms with van der Waals surface area (Å²) in [4.78, 5) is 31.0. The van der Waals surface area contributed by atoms with Crippen molar-refractivity contribution >= 4 is 23.7 Å².